The number of likely N-dealkylation sites (N-methyl/N-ethyl adjacent to an activating group) is 1. The molecule has 9 nitrogen and oxygen atoms in total. The van der Waals surface area contributed by atoms with Crippen LogP contribution in [0.3, 0.4) is 0 Å². The van der Waals surface area contributed by atoms with Crippen molar-refractivity contribution in [2.45, 2.75) is 31.8 Å². The van der Waals surface area contributed by atoms with Crippen molar-refractivity contribution in [2.24, 2.45) is 0 Å². The lowest BCUT2D eigenvalue weighted by atomic mass is 10.1. The molecule has 2 rings (SSSR count). The van der Waals surface area contributed by atoms with E-state index in [2.05, 4.69) is 10.1 Å². The van der Waals surface area contributed by atoms with Gasteiger partial charge in [0, 0.05) is 25.7 Å². The molecule has 0 aromatic carbocycles. The Labute approximate surface area is 147 Å². The van der Waals surface area contributed by atoms with Gasteiger partial charge in [-0.15, -0.1) is 0 Å². The monoisotopic (exact) mass is 375 g/mol. The lowest BCUT2D eigenvalue weighted by Gasteiger charge is -2.36. The van der Waals surface area contributed by atoms with Crippen molar-refractivity contribution < 1.29 is 27.5 Å². The molecule has 0 unspecified atom stereocenters. The Hall–Kier alpha value is -1.68. The molecule has 10 heteroatoms. The molecule has 2 saturated heterocycles. The number of carbonyl (C=O) groups is 3. The predicted molar refractivity (Wildman–Crippen MR) is 89.4 cm³/mol. The number of hydrogen-bond acceptors (Lipinski definition) is 7. The van der Waals surface area contributed by atoms with E-state index in [9.17, 15) is 22.8 Å². The minimum atomic E-state index is -3.09. The van der Waals surface area contributed by atoms with Gasteiger partial charge in [-0.3, -0.25) is 19.3 Å². The summed E-state index contributed by atoms with van der Waals surface area (Å²) in [5, 5.41) is 2.68. The molecular weight excluding hydrogens is 350 g/mol. The van der Waals surface area contributed by atoms with E-state index in [1.54, 1.807) is 16.7 Å². The molecule has 25 heavy (non-hydrogen) atoms. The van der Waals surface area contributed by atoms with Gasteiger partial charge in [0.25, 0.3) is 0 Å². The summed E-state index contributed by atoms with van der Waals surface area (Å²) in [5.41, 5.74) is 0. The third kappa shape index (κ3) is 4.91. The third-order valence-corrected chi connectivity index (χ3v) is 6.43. The maximum atomic E-state index is 12.7. The van der Waals surface area contributed by atoms with Gasteiger partial charge in [-0.1, -0.05) is 0 Å². The number of hydrogen-bond donors (Lipinski definition) is 1. The van der Waals surface area contributed by atoms with Gasteiger partial charge in [0.2, 0.25) is 11.8 Å². The SMILES string of the molecule is CCN(C(=O)CN1CCNC(=O)[C@@H]1CC(=O)OC)[C@H]1CCS(=O)(=O)C1. The van der Waals surface area contributed by atoms with Crippen molar-refractivity contribution in [3.05, 3.63) is 0 Å². The molecule has 1 N–H and O–H groups in total. The second-order valence-corrected chi connectivity index (χ2v) is 8.52. The average molecular weight is 375 g/mol. The van der Waals surface area contributed by atoms with Gasteiger partial charge in [0.15, 0.2) is 9.84 Å². The Bertz CT molecular complexity index is 635. The summed E-state index contributed by atoms with van der Waals surface area (Å²) >= 11 is 0. The van der Waals surface area contributed by atoms with Crippen molar-refractivity contribution in [2.75, 3.05) is 44.8 Å². The molecule has 2 aliphatic heterocycles. The molecule has 0 aromatic rings. The van der Waals surface area contributed by atoms with Crippen LogP contribution in [-0.4, -0.2) is 92.9 Å². The van der Waals surface area contributed by atoms with Crippen LogP contribution < -0.4 is 5.32 Å². The summed E-state index contributed by atoms with van der Waals surface area (Å²) in [5.74, 6) is -0.976. The van der Waals surface area contributed by atoms with Gasteiger partial charge >= 0.3 is 5.97 Å². The summed E-state index contributed by atoms with van der Waals surface area (Å²) in [7, 11) is -1.84. The first-order chi connectivity index (χ1) is 11.8. The van der Waals surface area contributed by atoms with E-state index in [1.807, 2.05) is 0 Å². The van der Waals surface area contributed by atoms with Gasteiger partial charge in [-0.25, -0.2) is 8.42 Å². The molecule has 2 atom stereocenters. The van der Waals surface area contributed by atoms with E-state index in [1.165, 1.54) is 7.11 Å². The average Bonchev–Trinajstić information content (AvgIpc) is 2.91. The van der Waals surface area contributed by atoms with Crippen molar-refractivity contribution in [3.63, 3.8) is 0 Å². The number of carbonyl (C=O) groups excluding carboxylic acids is 3. The first kappa shape index (κ1) is 19.6. The maximum Gasteiger partial charge on any atom is 0.307 e. The molecule has 2 fully saturated rings. The molecule has 0 bridgehead atoms. The predicted octanol–water partition coefficient (Wildman–Crippen LogP) is -1.61. The Kier molecular flexibility index (Phi) is 6.39. The quantitative estimate of drug-likeness (QED) is 0.556. The summed E-state index contributed by atoms with van der Waals surface area (Å²) in [6.45, 7) is 3.02. The van der Waals surface area contributed by atoms with Gasteiger partial charge in [-0.2, -0.15) is 0 Å². The number of methoxy groups -OCH3 is 1. The normalized spacial score (nSPS) is 26.1. The van der Waals surface area contributed by atoms with E-state index in [4.69, 9.17) is 0 Å². The molecule has 2 aliphatic rings. The van der Waals surface area contributed by atoms with Crippen molar-refractivity contribution in [1.29, 1.82) is 0 Å². The first-order valence-corrected chi connectivity index (χ1v) is 10.2. The highest BCUT2D eigenvalue weighted by molar-refractivity contribution is 7.91. The summed E-state index contributed by atoms with van der Waals surface area (Å²) < 4.78 is 28.0. The number of esters is 1. The van der Waals surface area contributed by atoms with E-state index in [0.29, 0.717) is 26.1 Å². The van der Waals surface area contributed by atoms with E-state index < -0.39 is 21.8 Å². The zero-order valence-electron chi connectivity index (χ0n) is 14.6. The van der Waals surface area contributed by atoms with Gasteiger partial charge in [0.1, 0.15) is 6.04 Å². The van der Waals surface area contributed by atoms with Crippen molar-refractivity contribution >= 4 is 27.6 Å². The fourth-order valence-electron chi connectivity index (χ4n) is 3.34. The highest BCUT2D eigenvalue weighted by Gasteiger charge is 2.37. The van der Waals surface area contributed by atoms with Crippen LogP contribution in [-0.2, 0) is 29.0 Å². The maximum absolute atomic E-state index is 12.7. The van der Waals surface area contributed by atoms with E-state index >= 15 is 0 Å². The van der Waals surface area contributed by atoms with E-state index in [0.717, 1.165) is 0 Å². The molecule has 0 spiro atoms. The lowest BCUT2D eigenvalue weighted by Crippen LogP contribution is -2.58. The fourth-order valence-corrected chi connectivity index (χ4v) is 5.07. The Morgan fingerprint density at radius 3 is 2.68 bits per heavy atom. The van der Waals surface area contributed by atoms with Crippen LogP contribution in [0.1, 0.15) is 19.8 Å². The van der Waals surface area contributed by atoms with Crippen molar-refractivity contribution in [1.82, 2.24) is 15.1 Å². The van der Waals surface area contributed by atoms with Crippen LogP contribution in [0.5, 0.6) is 0 Å². The zero-order chi connectivity index (χ0) is 18.6. The standard InChI is InChI=1S/C15H25N3O6S/c1-3-18(11-4-7-25(22,23)10-11)13(19)9-17-6-5-16-15(21)12(17)8-14(20)24-2/h11-12H,3-10H2,1-2H3,(H,16,21)/t11-,12-/m0/s1. The van der Waals surface area contributed by atoms with Gasteiger partial charge < -0.3 is 15.0 Å². The van der Waals surface area contributed by atoms with E-state index in [-0.39, 0.29) is 42.3 Å². The molecule has 2 heterocycles. The Morgan fingerprint density at radius 2 is 2.12 bits per heavy atom. The minimum absolute atomic E-state index is 0.0152. The molecule has 0 saturated carbocycles. The third-order valence-electron chi connectivity index (χ3n) is 4.68. The van der Waals surface area contributed by atoms with Crippen LogP contribution in [0.25, 0.3) is 0 Å². The van der Waals surface area contributed by atoms with Crippen LogP contribution in [0, 0.1) is 0 Å². The topological polar surface area (TPSA) is 113 Å². The second kappa shape index (κ2) is 8.13. The molecular formula is C15H25N3O6S. The second-order valence-electron chi connectivity index (χ2n) is 6.29. The number of ether oxygens (including phenoxy) is 1. The molecule has 142 valence electrons. The first-order valence-electron chi connectivity index (χ1n) is 8.36. The number of nitrogens with one attached hydrogen (secondary N) is 1. The zero-order valence-corrected chi connectivity index (χ0v) is 15.4. The van der Waals surface area contributed by atoms with Crippen LogP contribution in [0.2, 0.25) is 0 Å². The van der Waals surface area contributed by atoms with Gasteiger partial charge in [-0.05, 0) is 13.3 Å². The Balaban J connectivity index is 2.05. The number of nitrogens with zero attached hydrogens (tertiary/aromatic N) is 2. The minimum Gasteiger partial charge on any atom is -0.469 e. The number of rotatable bonds is 6. The summed E-state index contributed by atoms with van der Waals surface area (Å²) in [6, 6.07) is -1.07. The smallest absolute Gasteiger partial charge is 0.307 e. The highest BCUT2D eigenvalue weighted by Crippen LogP contribution is 2.19. The largest absolute Gasteiger partial charge is 0.469 e. The number of piperazine rings is 1. The lowest BCUT2D eigenvalue weighted by molar-refractivity contribution is -0.147. The molecule has 0 aliphatic carbocycles. The number of amides is 2. The van der Waals surface area contributed by atoms with Crippen LogP contribution in [0.15, 0.2) is 0 Å². The van der Waals surface area contributed by atoms with Crippen LogP contribution >= 0.6 is 0 Å². The Morgan fingerprint density at radius 1 is 1.40 bits per heavy atom. The molecule has 0 radical (unpaired) electrons. The number of sulfone groups is 1. The fraction of sp³-hybridized carbons (Fsp3) is 0.800. The van der Waals surface area contributed by atoms with Gasteiger partial charge in [0.05, 0.1) is 31.6 Å². The summed E-state index contributed by atoms with van der Waals surface area (Å²) in [4.78, 5) is 39.5. The summed E-state index contributed by atoms with van der Waals surface area (Å²) in [6.07, 6.45) is 0.313. The molecule has 0 aromatic heterocycles. The highest BCUT2D eigenvalue weighted by atomic mass is 32.2. The van der Waals surface area contributed by atoms with Crippen LogP contribution in [0.4, 0.5) is 0 Å². The molecule has 2 amide bonds. The van der Waals surface area contributed by atoms with Crippen molar-refractivity contribution in [3.8, 4) is 0 Å².